The fourth-order valence-electron chi connectivity index (χ4n) is 1.83. The largest absolute Gasteiger partial charge is 0.497 e. The lowest BCUT2D eigenvalue weighted by Crippen LogP contribution is -2.10. The summed E-state index contributed by atoms with van der Waals surface area (Å²) in [6.07, 6.45) is 2.36. The van der Waals surface area contributed by atoms with Crippen molar-refractivity contribution in [3.63, 3.8) is 0 Å². The molecular formula is C15H22N2O4. The average Bonchev–Trinajstić information content (AvgIpc) is 2.90. The summed E-state index contributed by atoms with van der Waals surface area (Å²) < 4.78 is 6.78. The lowest BCUT2D eigenvalue weighted by atomic mass is 10.1. The molecule has 3 N–H and O–H groups in total. The van der Waals surface area contributed by atoms with E-state index in [9.17, 15) is 9.59 Å². The molecule has 0 aliphatic carbocycles. The molecule has 1 amide bonds. The van der Waals surface area contributed by atoms with Crippen molar-refractivity contribution in [2.75, 3.05) is 14.2 Å². The van der Waals surface area contributed by atoms with E-state index in [0.29, 0.717) is 16.7 Å². The molecule has 2 rings (SSSR count). The summed E-state index contributed by atoms with van der Waals surface area (Å²) in [5.74, 6) is 0.122. The highest BCUT2D eigenvalue weighted by atomic mass is 16.5. The molecule has 1 aromatic carbocycles. The molecule has 0 saturated carbocycles. The first-order valence-corrected chi connectivity index (χ1v) is 6.52. The van der Waals surface area contributed by atoms with Gasteiger partial charge >= 0.3 is 0 Å². The predicted octanol–water partition coefficient (Wildman–Crippen LogP) is 1.58. The van der Waals surface area contributed by atoms with E-state index in [0.717, 1.165) is 18.9 Å². The van der Waals surface area contributed by atoms with Gasteiger partial charge in [-0.1, -0.05) is 13.8 Å². The molecule has 116 valence electrons. The fraction of sp³-hybridized carbons (Fsp3) is 0.333. The molecule has 0 bridgehead atoms. The van der Waals surface area contributed by atoms with Crippen LogP contribution < -0.4 is 10.5 Å². The van der Waals surface area contributed by atoms with Crippen molar-refractivity contribution in [1.82, 2.24) is 4.57 Å². The van der Waals surface area contributed by atoms with Gasteiger partial charge in [0.1, 0.15) is 12.0 Å². The van der Waals surface area contributed by atoms with E-state index >= 15 is 0 Å². The highest BCUT2D eigenvalue weighted by molar-refractivity contribution is 6.06. The zero-order valence-corrected chi connectivity index (χ0v) is 12.8. The van der Waals surface area contributed by atoms with Gasteiger partial charge in [0.2, 0.25) is 0 Å². The van der Waals surface area contributed by atoms with Gasteiger partial charge in [-0.05, 0) is 18.2 Å². The van der Waals surface area contributed by atoms with Crippen molar-refractivity contribution in [3.8, 4) is 5.75 Å². The Morgan fingerprint density at radius 2 is 2.00 bits per heavy atom. The minimum absolute atomic E-state index is 0.191. The standard InChI is InChI=1S/C12H12N2O3.C2H6.CH4O/c1-17-8-2-3-11-9(6-8)10(12(13)16)7-14(11)4-5-15;2*1-2/h2-3,5-7H,4H2,1H3,(H2,13,16);1-2H3;2H,1H3. The van der Waals surface area contributed by atoms with Crippen LogP contribution in [0.3, 0.4) is 0 Å². The number of fused-ring (bicyclic) bond motifs is 1. The van der Waals surface area contributed by atoms with E-state index in [-0.39, 0.29) is 6.54 Å². The predicted molar refractivity (Wildman–Crippen MR) is 82.6 cm³/mol. The number of nitrogens with zero attached hydrogens (tertiary/aromatic N) is 1. The average molecular weight is 294 g/mol. The van der Waals surface area contributed by atoms with Crippen LogP contribution in [-0.4, -0.2) is 36.1 Å². The molecule has 0 atom stereocenters. The number of aromatic nitrogens is 1. The molecule has 21 heavy (non-hydrogen) atoms. The highest BCUT2D eigenvalue weighted by Gasteiger charge is 2.13. The van der Waals surface area contributed by atoms with Gasteiger partial charge in [-0.15, -0.1) is 0 Å². The van der Waals surface area contributed by atoms with Gasteiger partial charge in [0, 0.05) is 24.2 Å². The van der Waals surface area contributed by atoms with Crippen molar-refractivity contribution in [2.45, 2.75) is 20.4 Å². The molecule has 0 saturated heterocycles. The summed E-state index contributed by atoms with van der Waals surface area (Å²) in [5.41, 5.74) is 6.47. The zero-order chi connectivity index (χ0) is 16.4. The molecule has 0 aliphatic rings. The van der Waals surface area contributed by atoms with Gasteiger partial charge in [-0.25, -0.2) is 0 Å². The van der Waals surface area contributed by atoms with Gasteiger partial charge in [-0.3, -0.25) is 4.79 Å². The minimum Gasteiger partial charge on any atom is -0.497 e. The Morgan fingerprint density at radius 1 is 1.38 bits per heavy atom. The third-order valence-corrected chi connectivity index (χ3v) is 2.62. The van der Waals surface area contributed by atoms with E-state index in [1.807, 2.05) is 13.8 Å². The van der Waals surface area contributed by atoms with Gasteiger partial charge < -0.3 is 24.9 Å². The summed E-state index contributed by atoms with van der Waals surface area (Å²) in [5, 5.41) is 7.69. The topological polar surface area (TPSA) is 94.6 Å². The van der Waals surface area contributed by atoms with Crippen LogP contribution in [0.25, 0.3) is 10.9 Å². The number of rotatable bonds is 4. The SMILES string of the molecule is CC.CO.COc1ccc2c(c1)c(C(N)=O)cn2CC=O. The molecule has 0 aliphatic heterocycles. The van der Waals surface area contributed by atoms with Crippen LogP contribution >= 0.6 is 0 Å². The van der Waals surface area contributed by atoms with Crippen LogP contribution in [0.15, 0.2) is 24.4 Å². The highest BCUT2D eigenvalue weighted by Crippen LogP contribution is 2.25. The Balaban J connectivity index is 0.000000921. The van der Waals surface area contributed by atoms with Crippen molar-refractivity contribution in [2.24, 2.45) is 5.73 Å². The summed E-state index contributed by atoms with van der Waals surface area (Å²) in [7, 11) is 2.55. The number of nitrogens with two attached hydrogens (primary N) is 1. The number of aliphatic hydroxyl groups excluding tert-OH is 1. The summed E-state index contributed by atoms with van der Waals surface area (Å²) in [6, 6.07) is 5.30. The number of hydrogen-bond donors (Lipinski definition) is 2. The lowest BCUT2D eigenvalue weighted by Gasteiger charge is -2.02. The Kier molecular flexibility index (Phi) is 8.48. The van der Waals surface area contributed by atoms with Crippen LogP contribution in [0.4, 0.5) is 0 Å². The Bertz CT molecular complexity index is 591. The molecule has 0 spiro atoms. The Morgan fingerprint density at radius 3 is 2.48 bits per heavy atom. The number of carbonyl (C=O) groups excluding carboxylic acids is 2. The number of amides is 1. The number of aliphatic hydroxyl groups is 1. The molecule has 6 nitrogen and oxygen atoms in total. The molecule has 0 unspecified atom stereocenters. The molecule has 0 radical (unpaired) electrons. The Hall–Kier alpha value is -2.34. The molecule has 0 fully saturated rings. The van der Waals surface area contributed by atoms with Gasteiger partial charge in [0.25, 0.3) is 5.91 Å². The maximum atomic E-state index is 11.3. The number of benzene rings is 1. The number of primary amides is 1. The number of methoxy groups -OCH3 is 1. The van der Waals surface area contributed by atoms with Crippen LogP contribution in [0, 0.1) is 0 Å². The maximum absolute atomic E-state index is 11.3. The summed E-state index contributed by atoms with van der Waals surface area (Å²) >= 11 is 0. The van der Waals surface area contributed by atoms with E-state index in [4.69, 9.17) is 15.6 Å². The van der Waals surface area contributed by atoms with Crippen LogP contribution in [0.5, 0.6) is 5.75 Å². The van der Waals surface area contributed by atoms with E-state index in [1.165, 1.54) is 0 Å². The summed E-state index contributed by atoms with van der Waals surface area (Å²) in [4.78, 5) is 21.9. The van der Waals surface area contributed by atoms with Crippen molar-refractivity contribution >= 4 is 23.1 Å². The quantitative estimate of drug-likeness (QED) is 0.837. The van der Waals surface area contributed by atoms with Crippen molar-refractivity contribution in [1.29, 1.82) is 0 Å². The van der Waals surface area contributed by atoms with Crippen LogP contribution in [0.2, 0.25) is 0 Å². The number of carbonyl (C=O) groups is 2. The van der Waals surface area contributed by atoms with Crippen LogP contribution in [0.1, 0.15) is 24.2 Å². The maximum Gasteiger partial charge on any atom is 0.250 e. The minimum atomic E-state index is -0.520. The molecular weight excluding hydrogens is 272 g/mol. The van der Waals surface area contributed by atoms with E-state index in [1.54, 1.807) is 36.1 Å². The fourth-order valence-corrected chi connectivity index (χ4v) is 1.83. The van der Waals surface area contributed by atoms with Crippen molar-refractivity contribution in [3.05, 3.63) is 30.0 Å². The van der Waals surface area contributed by atoms with Crippen molar-refractivity contribution < 1.29 is 19.4 Å². The third-order valence-electron chi connectivity index (χ3n) is 2.62. The lowest BCUT2D eigenvalue weighted by molar-refractivity contribution is -0.108. The van der Waals surface area contributed by atoms with Gasteiger partial charge in [0.15, 0.2) is 0 Å². The first-order chi connectivity index (χ1) is 10.2. The molecule has 6 heteroatoms. The second kappa shape index (κ2) is 9.55. The van der Waals surface area contributed by atoms with E-state index < -0.39 is 5.91 Å². The Labute approximate surface area is 124 Å². The van der Waals surface area contributed by atoms with Gasteiger partial charge in [-0.2, -0.15) is 0 Å². The van der Waals surface area contributed by atoms with Crippen LogP contribution in [-0.2, 0) is 11.3 Å². The number of ether oxygens (including phenoxy) is 1. The second-order valence-electron chi connectivity index (χ2n) is 3.61. The second-order valence-corrected chi connectivity index (χ2v) is 3.61. The van der Waals surface area contributed by atoms with E-state index in [2.05, 4.69) is 0 Å². The molecule has 2 aromatic rings. The third kappa shape index (κ3) is 4.32. The summed E-state index contributed by atoms with van der Waals surface area (Å²) in [6.45, 7) is 4.19. The first kappa shape index (κ1) is 18.7. The number of aldehydes is 1. The molecule has 1 aromatic heterocycles. The zero-order valence-electron chi connectivity index (χ0n) is 12.8. The molecule has 1 heterocycles. The number of hydrogen-bond acceptors (Lipinski definition) is 4. The first-order valence-electron chi connectivity index (χ1n) is 6.52. The smallest absolute Gasteiger partial charge is 0.250 e. The van der Waals surface area contributed by atoms with Gasteiger partial charge in [0.05, 0.1) is 19.2 Å². The normalized spacial score (nSPS) is 9.00. The monoisotopic (exact) mass is 294 g/mol.